The molecule has 160 valence electrons. The molecule has 7 heteroatoms. The minimum absolute atomic E-state index is 0.120. The van der Waals surface area contributed by atoms with Crippen LogP contribution in [0, 0.1) is 0 Å². The van der Waals surface area contributed by atoms with Crippen molar-refractivity contribution in [3.05, 3.63) is 71.3 Å². The number of carbonyl (C=O) groups excluding carboxylic acids is 2. The van der Waals surface area contributed by atoms with Crippen LogP contribution >= 0.6 is 0 Å². The van der Waals surface area contributed by atoms with Gasteiger partial charge < -0.3 is 4.90 Å². The summed E-state index contributed by atoms with van der Waals surface area (Å²) in [4.78, 5) is 27.4. The van der Waals surface area contributed by atoms with Gasteiger partial charge in [0.1, 0.15) is 5.54 Å². The van der Waals surface area contributed by atoms with E-state index < -0.39 is 21.5 Å². The molecule has 1 heterocycles. The van der Waals surface area contributed by atoms with E-state index in [0.717, 1.165) is 12.0 Å². The maximum Gasteiger partial charge on any atom is 0.259 e. The molecule has 0 saturated carbocycles. The number of carbonyl (C=O) groups is 2. The number of benzene rings is 2. The SMILES string of the molecule is CCCS(=O)(=O)NC(=O)C1(C)CCN1C(=O)c1ccccc1CCc1ccccc1. The van der Waals surface area contributed by atoms with Gasteiger partial charge in [0.2, 0.25) is 10.0 Å². The van der Waals surface area contributed by atoms with Crippen LogP contribution in [-0.4, -0.2) is 43.0 Å². The second-order valence-corrected chi connectivity index (χ2v) is 9.72. The second-order valence-electron chi connectivity index (χ2n) is 7.87. The molecule has 1 N–H and O–H groups in total. The largest absolute Gasteiger partial charge is 0.324 e. The molecule has 0 bridgehead atoms. The van der Waals surface area contributed by atoms with Crippen LogP contribution in [0.15, 0.2) is 54.6 Å². The van der Waals surface area contributed by atoms with E-state index in [9.17, 15) is 18.0 Å². The molecule has 2 aromatic rings. The zero-order valence-corrected chi connectivity index (χ0v) is 18.2. The Morgan fingerprint density at radius 2 is 1.70 bits per heavy atom. The molecular weight excluding hydrogens is 400 g/mol. The van der Waals surface area contributed by atoms with Crippen LogP contribution in [0.25, 0.3) is 0 Å². The second kappa shape index (κ2) is 9.00. The van der Waals surface area contributed by atoms with E-state index in [0.29, 0.717) is 31.4 Å². The average molecular weight is 429 g/mol. The Bertz CT molecular complexity index is 1020. The molecule has 30 heavy (non-hydrogen) atoms. The Labute approximate surface area is 178 Å². The number of hydrogen-bond donors (Lipinski definition) is 1. The summed E-state index contributed by atoms with van der Waals surface area (Å²) in [5.41, 5.74) is 1.50. The van der Waals surface area contributed by atoms with Gasteiger partial charge in [-0.05, 0) is 49.8 Å². The highest BCUT2D eigenvalue weighted by atomic mass is 32.2. The van der Waals surface area contributed by atoms with Crippen molar-refractivity contribution in [2.45, 2.75) is 45.1 Å². The first-order valence-corrected chi connectivity index (χ1v) is 11.9. The van der Waals surface area contributed by atoms with Gasteiger partial charge in [0, 0.05) is 12.1 Å². The van der Waals surface area contributed by atoms with Gasteiger partial charge in [-0.3, -0.25) is 14.3 Å². The van der Waals surface area contributed by atoms with E-state index in [2.05, 4.69) is 16.9 Å². The van der Waals surface area contributed by atoms with Crippen molar-refractivity contribution in [1.82, 2.24) is 9.62 Å². The van der Waals surface area contributed by atoms with Crippen LogP contribution in [-0.2, 0) is 27.7 Å². The van der Waals surface area contributed by atoms with E-state index in [1.165, 1.54) is 10.5 Å². The van der Waals surface area contributed by atoms with Gasteiger partial charge in [-0.2, -0.15) is 0 Å². The van der Waals surface area contributed by atoms with Crippen molar-refractivity contribution in [2.24, 2.45) is 0 Å². The molecule has 2 amide bonds. The summed E-state index contributed by atoms with van der Waals surface area (Å²) in [6.07, 6.45) is 2.35. The van der Waals surface area contributed by atoms with E-state index in [1.54, 1.807) is 19.9 Å². The van der Waals surface area contributed by atoms with Crippen molar-refractivity contribution in [3.63, 3.8) is 0 Å². The van der Waals surface area contributed by atoms with Crippen LogP contribution < -0.4 is 4.72 Å². The molecular formula is C23H28N2O4S. The monoisotopic (exact) mass is 428 g/mol. The Kier molecular flexibility index (Phi) is 6.61. The summed E-state index contributed by atoms with van der Waals surface area (Å²) in [6.45, 7) is 3.78. The number of likely N-dealkylation sites (tertiary alicyclic amines) is 1. The number of aryl methyl sites for hydroxylation is 2. The highest BCUT2D eigenvalue weighted by Crippen LogP contribution is 2.33. The quantitative estimate of drug-likeness (QED) is 0.701. The third-order valence-corrected chi connectivity index (χ3v) is 7.09. The number of sulfonamides is 1. The molecule has 2 aromatic carbocycles. The number of rotatable bonds is 8. The smallest absolute Gasteiger partial charge is 0.259 e. The molecule has 0 aliphatic carbocycles. The lowest BCUT2D eigenvalue weighted by atomic mass is 9.84. The maximum absolute atomic E-state index is 13.3. The topological polar surface area (TPSA) is 83.6 Å². The van der Waals surface area contributed by atoms with Gasteiger partial charge in [0.05, 0.1) is 5.75 Å². The minimum Gasteiger partial charge on any atom is -0.324 e. The first-order valence-electron chi connectivity index (χ1n) is 10.3. The normalized spacial score (nSPS) is 18.5. The van der Waals surface area contributed by atoms with Gasteiger partial charge in [0.15, 0.2) is 0 Å². The van der Waals surface area contributed by atoms with Crippen LogP contribution in [0.4, 0.5) is 0 Å². The molecule has 1 aliphatic heterocycles. The molecule has 6 nitrogen and oxygen atoms in total. The van der Waals surface area contributed by atoms with Crippen molar-refractivity contribution in [3.8, 4) is 0 Å². The number of nitrogens with one attached hydrogen (secondary N) is 1. The van der Waals surface area contributed by atoms with Crippen molar-refractivity contribution in [1.29, 1.82) is 0 Å². The predicted octanol–water partition coefficient (Wildman–Crippen LogP) is 2.93. The summed E-state index contributed by atoms with van der Waals surface area (Å²) in [6, 6.07) is 17.5. The summed E-state index contributed by atoms with van der Waals surface area (Å²) < 4.78 is 26.2. The zero-order valence-electron chi connectivity index (χ0n) is 17.4. The molecule has 3 rings (SSSR count). The van der Waals surface area contributed by atoms with E-state index in [1.807, 2.05) is 36.4 Å². The maximum atomic E-state index is 13.3. The van der Waals surface area contributed by atoms with Gasteiger partial charge >= 0.3 is 0 Å². The summed E-state index contributed by atoms with van der Waals surface area (Å²) in [5.74, 6) is -1.00. The van der Waals surface area contributed by atoms with Crippen molar-refractivity contribution in [2.75, 3.05) is 12.3 Å². The number of hydrogen-bond acceptors (Lipinski definition) is 4. The van der Waals surface area contributed by atoms with Crippen molar-refractivity contribution >= 4 is 21.8 Å². The minimum atomic E-state index is -3.69. The summed E-state index contributed by atoms with van der Waals surface area (Å²) >= 11 is 0. The lowest BCUT2D eigenvalue weighted by Crippen LogP contribution is -2.68. The molecule has 1 unspecified atom stereocenters. The molecule has 1 fully saturated rings. The fourth-order valence-electron chi connectivity index (χ4n) is 3.71. The lowest BCUT2D eigenvalue weighted by Gasteiger charge is -2.49. The van der Waals surface area contributed by atoms with E-state index in [4.69, 9.17) is 0 Å². The average Bonchev–Trinajstić information content (AvgIpc) is 2.71. The van der Waals surface area contributed by atoms with Crippen molar-refractivity contribution < 1.29 is 18.0 Å². The zero-order chi connectivity index (χ0) is 21.8. The van der Waals surface area contributed by atoms with E-state index >= 15 is 0 Å². The standard InChI is InChI=1S/C23H28N2O4S/c1-3-17-30(28,29)24-22(27)23(2)15-16-25(23)21(26)20-12-8-7-11-19(20)14-13-18-9-5-4-6-10-18/h4-12H,3,13-17H2,1-2H3,(H,24,27). The van der Waals surface area contributed by atoms with Crippen LogP contribution in [0.3, 0.4) is 0 Å². The summed E-state index contributed by atoms with van der Waals surface area (Å²) in [7, 11) is -3.69. The third-order valence-electron chi connectivity index (χ3n) is 5.65. The molecule has 0 aromatic heterocycles. The molecule has 0 spiro atoms. The highest BCUT2D eigenvalue weighted by molar-refractivity contribution is 7.90. The molecule has 1 aliphatic rings. The Morgan fingerprint density at radius 1 is 1.03 bits per heavy atom. The first kappa shape index (κ1) is 22.0. The summed E-state index contributed by atoms with van der Waals surface area (Å²) in [5, 5.41) is 0. The highest BCUT2D eigenvalue weighted by Gasteiger charge is 2.50. The predicted molar refractivity (Wildman–Crippen MR) is 117 cm³/mol. The van der Waals surface area contributed by atoms with Gasteiger partial charge in [-0.1, -0.05) is 55.5 Å². The molecule has 1 atom stereocenters. The number of amides is 2. The van der Waals surface area contributed by atoms with Gasteiger partial charge in [0.25, 0.3) is 11.8 Å². The molecule has 0 radical (unpaired) electrons. The van der Waals surface area contributed by atoms with Crippen LogP contribution in [0.1, 0.15) is 48.2 Å². The lowest BCUT2D eigenvalue weighted by molar-refractivity contribution is -0.135. The Balaban J connectivity index is 1.75. The molecule has 1 saturated heterocycles. The third kappa shape index (κ3) is 4.73. The van der Waals surface area contributed by atoms with Gasteiger partial charge in [-0.15, -0.1) is 0 Å². The fraction of sp³-hybridized carbons (Fsp3) is 0.391. The van der Waals surface area contributed by atoms with Crippen LogP contribution in [0.2, 0.25) is 0 Å². The van der Waals surface area contributed by atoms with E-state index in [-0.39, 0.29) is 11.7 Å². The Morgan fingerprint density at radius 3 is 2.33 bits per heavy atom. The Hall–Kier alpha value is -2.67. The fourth-order valence-corrected chi connectivity index (χ4v) is 4.85. The van der Waals surface area contributed by atoms with Gasteiger partial charge in [-0.25, -0.2) is 8.42 Å². The van der Waals surface area contributed by atoms with Crippen LogP contribution in [0.5, 0.6) is 0 Å². The number of nitrogens with zero attached hydrogens (tertiary/aromatic N) is 1. The first-order chi connectivity index (χ1) is 14.3.